The van der Waals surface area contributed by atoms with Crippen molar-refractivity contribution in [1.82, 2.24) is 35.2 Å². The molecule has 3 aliphatic rings. The number of likely N-dealkylation sites (tertiary alicyclic amines) is 1. The number of carbonyl (C=O) groups is 2. The molecule has 2 fully saturated rings. The number of thiocarbonyl (C=S) groups is 1. The number of hydrogen-bond donors (Lipinski definition) is 3. The highest BCUT2D eigenvalue weighted by Gasteiger charge is 2.41. The summed E-state index contributed by atoms with van der Waals surface area (Å²) >= 11 is 9.13. The first-order valence-corrected chi connectivity index (χ1v) is 26.2. The Balaban J connectivity index is 0.793. The van der Waals surface area contributed by atoms with Crippen LogP contribution in [0, 0.1) is 24.2 Å². The van der Waals surface area contributed by atoms with Gasteiger partial charge in [0.25, 0.3) is 5.88 Å². The van der Waals surface area contributed by atoms with E-state index in [9.17, 15) is 14.9 Å². The summed E-state index contributed by atoms with van der Waals surface area (Å²) in [6.07, 6.45) is 10.3. The molecular formula is C51H63N11O4S3. The minimum absolute atomic E-state index is 0.0867. The van der Waals surface area contributed by atoms with Crippen molar-refractivity contribution in [1.29, 1.82) is 5.26 Å². The van der Waals surface area contributed by atoms with Crippen LogP contribution in [0.15, 0.2) is 58.7 Å². The Morgan fingerprint density at radius 1 is 1.13 bits per heavy atom. The number of nitrogens with zero attached hydrogens (tertiary/aromatic N) is 8. The Hall–Kier alpha value is -5.74. The van der Waals surface area contributed by atoms with Crippen molar-refractivity contribution in [2.75, 3.05) is 50.0 Å². The van der Waals surface area contributed by atoms with Crippen LogP contribution in [0.1, 0.15) is 117 Å². The number of nitrogens with one attached hydrogen (secondary N) is 1. The highest BCUT2D eigenvalue weighted by molar-refractivity contribution is 7.81. The van der Waals surface area contributed by atoms with E-state index in [1.165, 1.54) is 11.3 Å². The van der Waals surface area contributed by atoms with E-state index in [1.807, 2.05) is 50.6 Å². The molecule has 69 heavy (non-hydrogen) atoms. The first-order valence-electron chi connectivity index (χ1n) is 24.1. The molecule has 8 rings (SSSR count). The number of rotatable bonds is 17. The molecule has 15 nitrogen and oxygen atoms in total. The molecule has 5 aromatic rings. The van der Waals surface area contributed by atoms with Gasteiger partial charge in [-0.1, -0.05) is 57.3 Å². The number of thiophene rings is 1. The van der Waals surface area contributed by atoms with E-state index in [0.717, 1.165) is 103 Å². The number of nitrogens with two attached hydrogens (primary N) is 2. The van der Waals surface area contributed by atoms with Gasteiger partial charge in [0.05, 0.1) is 39.6 Å². The number of amides is 2. The number of nitriles is 1. The lowest BCUT2D eigenvalue weighted by molar-refractivity contribution is -0.140. The minimum Gasteiger partial charge on any atom is -0.476 e. The smallest absolute Gasteiger partial charge is 0.254 e. The fraction of sp³-hybridized carbons (Fsp3) is 0.490. The Morgan fingerprint density at radius 3 is 2.70 bits per heavy atom. The molecule has 1 aliphatic carbocycles. The number of benzene rings is 1. The van der Waals surface area contributed by atoms with E-state index < -0.39 is 17.4 Å². The van der Waals surface area contributed by atoms with Crippen LogP contribution in [0.3, 0.4) is 0 Å². The van der Waals surface area contributed by atoms with E-state index in [4.69, 9.17) is 37.9 Å². The Bertz CT molecular complexity index is 2710. The number of allylic oxidation sites excluding steroid dienone is 1. The molecule has 2 saturated heterocycles. The summed E-state index contributed by atoms with van der Waals surface area (Å²) in [6, 6.07) is 13.6. The lowest BCUT2D eigenvalue weighted by Gasteiger charge is -2.34. The van der Waals surface area contributed by atoms with Crippen LogP contribution in [0.2, 0.25) is 0 Å². The molecule has 6 heterocycles. The molecule has 1 aromatic carbocycles. The SMILES string of the molecule is Cc1ncsc1-c1ccc(CNC(=O)[C@@H]2CCCN2C(=O)C(c2cc(OCCCCN3CCCN(c4nccc(C(N)=CC(=S)[C@@]5(C)CCCc6sc(N)c(C#N)c65)n4)[C@@H](C)C3)no2)C(C)C)cc1. The Morgan fingerprint density at radius 2 is 1.94 bits per heavy atom. The molecule has 18 heteroatoms. The normalized spacial score (nSPS) is 20.3. The number of anilines is 2. The van der Waals surface area contributed by atoms with Crippen molar-refractivity contribution in [3.05, 3.63) is 92.9 Å². The van der Waals surface area contributed by atoms with Crippen molar-refractivity contribution in [2.24, 2.45) is 11.7 Å². The van der Waals surface area contributed by atoms with Gasteiger partial charge in [0.1, 0.15) is 23.0 Å². The molecule has 0 saturated carbocycles. The van der Waals surface area contributed by atoms with Crippen LogP contribution in [0.5, 0.6) is 5.88 Å². The molecule has 2 aliphatic heterocycles. The van der Waals surface area contributed by atoms with Gasteiger partial charge in [-0.25, -0.2) is 15.0 Å². The van der Waals surface area contributed by atoms with E-state index in [0.29, 0.717) is 70.5 Å². The molecule has 5 N–H and O–H groups in total. The number of ether oxygens (including phenoxy) is 1. The van der Waals surface area contributed by atoms with Crippen LogP contribution < -0.4 is 26.4 Å². The number of nitrogen functional groups attached to an aromatic ring is 1. The monoisotopic (exact) mass is 989 g/mol. The average Bonchev–Trinajstić information content (AvgIpc) is 4.15. The first kappa shape index (κ1) is 49.7. The van der Waals surface area contributed by atoms with Gasteiger partial charge in [-0.2, -0.15) is 5.26 Å². The predicted molar refractivity (Wildman–Crippen MR) is 276 cm³/mol. The van der Waals surface area contributed by atoms with Crippen molar-refractivity contribution in [3.63, 3.8) is 0 Å². The summed E-state index contributed by atoms with van der Waals surface area (Å²) in [4.78, 5) is 50.9. The Kier molecular flexibility index (Phi) is 15.8. The zero-order valence-electron chi connectivity index (χ0n) is 40.2. The van der Waals surface area contributed by atoms with Gasteiger partial charge in [0, 0.05) is 59.6 Å². The van der Waals surface area contributed by atoms with E-state index in [-0.39, 0.29) is 23.8 Å². The standard InChI is InChI=1S/C51H63N11O4S3/c1-31(2)44(49(64)62-22-9-11-39(62)48(63)56-28-34-13-15-35(16-14-34)46-33(4)57-30-68-46)40-26-43(59-66-40)65-24-7-6-20-60-21-10-23-61(32(3)29-60)50-55-19-17-38(58-50)37(53)25-42(67)51(5)18-8-12-41-45(51)36(27-52)47(54)69-41/h13-17,19,25-26,30-32,39,44H,6-12,18,20-24,28-29,53-54H2,1-5H3,(H,56,63)/t32-,39-,44?,51+/m0/s1. The Labute approximate surface area is 418 Å². The second-order valence-electron chi connectivity index (χ2n) is 19.1. The number of unbranched alkanes of at least 4 members (excludes halogenated alkanes) is 1. The van der Waals surface area contributed by atoms with Gasteiger partial charge in [-0.15, -0.1) is 22.7 Å². The maximum absolute atomic E-state index is 14.1. The van der Waals surface area contributed by atoms with Gasteiger partial charge in [0.2, 0.25) is 17.8 Å². The average molecular weight is 990 g/mol. The second kappa shape index (κ2) is 21.9. The summed E-state index contributed by atoms with van der Waals surface area (Å²) in [5.41, 5.74) is 19.9. The largest absolute Gasteiger partial charge is 0.476 e. The molecule has 364 valence electrons. The zero-order chi connectivity index (χ0) is 48.8. The predicted octanol–water partition coefficient (Wildman–Crippen LogP) is 8.18. The molecule has 0 spiro atoms. The molecule has 1 unspecified atom stereocenters. The van der Waals surface area contributed by atoms with E-state index in [2.05, 4.69) is 62.3 Å². The van der Waals surface area contributed by atoms with Gasteiger partial charge in [-0.05, 0) is 118 Å². The van der Waals surface area contributed by atoms with Crippen molar-refractivity contribution >= 4 is 68.2 Å². The van der Waals surface area contributed by atoms with Crippen molar-refractivity contribution in [2.45, 2.75) is 116 Å². The third kappa shape index (κ3) is 11.0. The topological polar surface area (TPSA) is 206 Å². The second-order valence-corrected chi connectivity index (χ2v) is 21.5. The summed E-state index contributed by atoms with van der Waals surface area (Å²) in [5.74, 6) is 0.464. The fourth-order valence-corrected chi connectivity index (χ4v) is 12.4. The van der Waals surface area contributed by atoms with Gasteiger partial charge in [0.15, 0.2) is 5.76 Å². The first-order chi connectivity index (χ1) is 33.2. The molecular weight excluding hydrogens is 927 g/mol. The van der Waals surface area contributed by atoms with Crippen LogP contribution in [-0.2, 0) is 28.0 Å². The molecule has 4 aromatic heterocycles. The van der Waals surface area contributed by atoms with Crippen molar-refractivity contribution < 1.29 is 18.8 Å². The number of aromatic nitrogens is 4. The zero-order valence-corrected chi connectivity index (χ0v) is 42.7. The van der Waals surface area contributed by atoms with Crippen molar-refractivity contribution in [3.8, 4) is 22.4 Å². The lowest BCUT2D eigenvalue weighted by Crippen LogP contribution is -2.47. The number of carbonyl (C=O) groups excluding carboxylic acids is 2. The third-order valence-corrected chi connectivity index (χ3v) is 16.5. The van der Waals surface area contributed by atoms with Crippen LogP contribution in [0.25, 0.3) is 16.1 Å². The van der Waals surface area contributed by atoms with Gasteiger partial charge < -0.3 is 40.7 Å². The van der Waals surface area contributed by atoms with E-state index in [1.54, 1.807) is 28.5 Å². The highest BCUT2D eigenvalue weighted by Crippen LogP contribution is 2.47. The number of thiazole rings is 1. The number of fused-ring (bicyclic) bond motifs is 1. The highest BCUT2D eigenvalue weighted by atomic mass is 32.1. The van der Waals surface area contributed by atoms with Gasteiger partial charge >= 0.3 is 0 Å². The minimum atomic E-state index is -0.596. The molecule has 2 amide bonds. The molecule has 0 radical (unpaired) electrons. The summed E-state index contributed by atoms with van der Waals surface area (Å²) in [5, 5.41) is 17.7. The maximum atomic E-state index is 14.1. The van der Waals surface area contributed by atoms with E-state index >= 15 is 0 Å². The van der Waals surface area contributed by atoms with Crippen LogP contribution in [0.4, 0.5) is 10.9 Å². The number of aryl methyl sites for hydroxylation is 2. The maximum Gasteiger partial charge on any atom is 0.254 e. The third-order valence-electron chi connectivity index (χ3n) is 13.8. The summed E-state index contributed by atoms with van der Waals surface area (Å²) in [7, 11) is 0. The van der Waals surface area contributed by atoms with Crippen LogP contribution >= 0.6 is 34.9 Å². The van der Waals surface area contributed by atoms with Gasteiger partial charge in [-0.3, -0.25) is 9.59 Å². The van der Waals surface area contributed by atoms with Crippen LogP contribution in [-0.4, -0.2) is 98.0 Å². The quantitative estimate of drug-likeness (QED) is 0.0457. The molecule has 0 bridgehead atoms. The summed E-state index contributed by atoms with van der Waals surface area (Å²) < 4.78 is 11.8. The molecule has 4 atom stereocenters. The summed E-state index contributed by atoms with van der Waals surface area (Å²) in [6.45, 7) is 15.1. The number of hydrogen-bond acceptors (Lipinski definition) is 16. The fourth-order valence-electron chi connectivity index (χ4n) is 10.1. The lowest BCUT2D eigenvalue weighted by atomic mass is 9.70.